The second-order valence-electron chi connectivity index (χ2n) is 5.17. The molecule has 4 heteroatoms. The van der Waals surface area contributed by atoms with Crippen LogP contribution in [0.5, 0.6) is 5.75 Å². The first kappa shape index (κ1) is 13.6. The third-order valence-electron chi connectivity index (χ3n) is 3.39. The van der Waals surface area contributed by atoms with Crippen molar-refractivity contribution in [3.05, 3.63) is 45.9 Å². The van der Waals surface area contributed by atoms with Crippen LogP contribution >= 0.6 is 11.3 Å². The first-order valence-corrected chi connectivity index (χ1v) is 8.05. The number of nitrogens with one attached hydrogen (secondary N) is 1. The Balaban J connectivity index is 1.95. The zero-order valence-corrected chi connectivity index (χ0v) is 12.7. The minimum atomic E-state index is 0.143. The van der Waals surface area contributed by atoms with E-state index in [2.05, 4.69) is 27.8 Å². The van der Waals surface area contributed by atoms with Crippen LogP contribution in [-0.4, -0.2) is 17.6 Å². The molecule has 1 aromatic carbocycles. The Hall–Kier alpha value is -1.39. The summed E-state index contributed by atoms with van der Waals surface area (Å²) in [6.45, 7) is 4.75. The third-order valence-corrected chi connectivity index (χ3v) is 4.42. The highest BCUT2D eigenvalue weighted by atomic mass is 32.1. The highest BCUT2D eigenvalue weighted by Crippen LogP contribution is 2.34. The van der Waals surface area contributed by atoms with Gasteiger partial charge in [-0.15, -0.1) is 11.3 Å². The average molecular weight is 288 g/mol. The van der Waals surface area contributed by atoms with Gasteiger partial charge in [-0.25, -0.2) is 4.98 Å². The summed E-state index contributed by atoms with van der Waals surface area (Å²) < 4.78 is 5.79. The van der Waals surface area contributed by atoms with Gasteiger partial charge in [-0.2, -0.15) is 0 Å². The number of hydrogen-bond donors (Lipinski definition) is 1. The van der Waals surface area contributed by atoms with Crippen molar-refractivity contribution in [2.45, 2.75) is 38.8 Å². The molecule has 1 saturated carbocycles. The molecule has 1 aliphatic carbocycles. The highest BCUT2D eigenvalue weighted by molar-refractivity contribution is 7.09. The van der Waals surface area contributed by atoms with E-state index in [0.717, 1.165) is 16.5 Å². The van der Waals surface area contributed by atoms with Crippen LogP contribution in [0.3, 0.4) is 0 Å². The van der Waals surface area contributed by atoms with E-state index in [4.69, 9.17) is 4.74 Å². The molecule has 1 aromatic heterocycles. The zero-order chi connectivity index (χ0) is 13.9. The summed E-state index contributed by atoms with van der Waals surface area (Å²) in [6, 6.07) is 9.04. The normalized spacial score (nSPS) is 16.1. The molecule has 0 spiro atoms. The second-order valence-corrected chi connectivity index (χ2v) is 6.06. The van der Waals surface area contributed by atoms with Crippen LogP contribution in [0, 0.1) is 6.92 Å². The maximum absolute atomic E-state index is 5.79. The van der Waals surface area contributed by atoms with Crippen LogP contribution in [0.2, 0.25) is 0 Å². The van der Waals surface area contributed by atoms with E-state index in [1.807, 2.05) is 26.0 Å². The van der Waals surface area contributed by atoms with Crippen molar-refractivity contribution in [2.75, 3.05) is 6.61 Å². The first-order valence-electron chi connectivity index (χ1n) is 7.17. The van der Waals surface area contributed by atoms with Gasteiger partial charge >= 0.3 is 0 Å². The number of aromatic nitrogens is 1. The number of para-hydroxylation sites is 1. The molecule has 1 N–H and O–H groups in total. The van der Waals surface area contributed by atoms with Gasteiger partial charge < -0.3 is 10.1 Å². The van der Waals surface area contributed by atoms with Gasteiger partial charge in [0.15, 0.2) is 0 Å². The van der Waals surface area contributed by atoms with Crippen molar-refractivity contribution in [3.63, 3.8) is 0 Å². The van der Waals surface area contributed by atoms with Gasteiger partial charge in [0, 0.05) is 22.7 Å². The van der Waals surface area contributed by atoms with E-state index in [0.29, 0.717) is 12.6 Å². The summed E-state index contributed by atoms with van der Waals surface area (Å²) in [5.41, 5.74) is 2.28. The predicted octanol–water partition coefficient (Wildman–Crippen LogP) is 3.69. The fraction of sp³-hybridized carbons (Fsp3) is 0.438. The molecule has 20 heavy (non-hydrogen) atoms. The van der Waals surface area contributed by atoms with Crippen molar-refractivity contribution in [1.29, 1.82) is 0 Å². The van der Waals surface area contributed by atoms with Crippen LogP contribution < -0.4 is 10.1 Å². The molecule has 0 saturated heterocycles. The van der Waals surface area contributed by atoms with Crippen molar-refractivity contribution in [1.82, 2.24) is 10.3 Å². The van der Waals surface area contributed by atoms with Crippen molar-refractivity contribution in [2.24, 2.45) is 0 Å². The first-order chi connectivity index (χ1) is 9.78. The number of thiazole rings is 1. The summed E-state index contributed by atoms with van der Waals surface area (Å²) >= 11 is 1.72. The van der Waals surface area contributed by atoms with Gasteiger partial charge in [0.05, 0.1) is 12.6 Å². The number of nitrogens with zero attached hydrogens (tertiary/aromatic N) is 1. The number of benzene rings is 1. The number of rotatable bonds is 6. The lowest BCUT2D eigenvalue weighted by molar-refractivity contribution is 0.333. The molecule has 106 valence electrons. The fourth-order valence-electron chi connectivity index (χ4n) is 2.29. The second kappa shape index (κ2) is 5.94. The Kier molecular flexibility index (Phi) is 4.03. The smallest absolute Gasteiger partial charge is 0.124 e. The number of ether oxygens (including phenoxy) is 1. The Labute approximate surface area is 124 Å². The van der Waals surface area contributed by atoms with E-state index < -0.39 is 0 Å². The molecule has 1 aliphatic rings. The van der Waals surface area contributed by atoms with Crippen molar-refractivity contribution >= 4 is 11.3 Å². The molecular formula is C16H20N2OS. The number of aryl methyl sites for hydroxylation is 1. The molecule has 3 rings (SSSR count). The Morgan fingerprint density at radius 1 is 1.40 bits per heavy atom. The minimum Gasteiger partial charge on any atom is -0.494 e. The molecule has 3 nitrogen and oxygen atoms in total. The molecule has 1 unspecified atom stereocenters. The lowest BCUT2D eigenvalue weighted by atomic mass is 10.1. The maximum Gasteiger partial charge on any atom is 0.124 e. The highest BCUT2D eigenvalue weighted by Gasteiger charge is 2.29. The van der Waals surface area contributed by atoms with E-state index in [1.54, 1.807) is 11.3 Å². The van der Waals surface area contributed by atoms with Crippen molar-refractivity contribution < 1.29 is 4.74 Å². The van der Waals surface area contributed by atoms with Gasteiger partial charge in [0.1, 0.15) is 10.8 Å². The summed E-state index contributed by atoms with van der Waals surface area (Å²) in [5, 5.41) is 6.94. The molecular weight excluding hydrogens is 268 g/mol. The van der Waals surface area contributed by atoms with Crippen molar-refractivity contribution in [3.8, 4) is 5.75 Å². The van der Waals surface area contributed by atoms with Crippen LogP contribution in [0.4, 0.5) is 0 Å². The van der Waals surface area contributed by atoms with E-state index in [9.17, 15) is 0 Å². The lowest BCUT2D eigenvalue weighted by Crippen LogP contribution is -2.25. The predicted molar refractivity (Wildman–Crippen MR) is 82.5 cm³/mol. The minimum absolute atomic E-state index is 0.143. The lowest BCUT2D eigenvalue weighted by Gasteiger charge is -2.20. The summed E-state index contributed by atoms with van der Waals surface area (Å²) in [4.78, 5) is 4.67. The molecule has 1 heterocycles. The van der Waals surface area contributed by atoms with E-state index in [1.165, 1.54) is 18.4 Å². The van der Waals surface area contributed by atoms with Gasteiger partial charge in [0.25, 0.3) is 0 Å². The Morgan fingerprint density at radius 2 is 2.20 bits per heavy atom. The van der Waals surface area contributed by atoms with Crippen LogP contribution in [0.25, 0.3) is 0 Å². The summed E-state index contributed by atoms with van der Waals surface area (Å²) in [5.74, 6) is 0.959. The van der Waals surface area contributed by atoms with Crippen LogP contribution in [0.15, 0.2) is 29.6 Å². The van der Waals surface area contributed by atoms with Gasteiger partial charge in [0.2, 0.25) is 0 Å². The Morgan fingerprint density at radius 3 is 2.85 bits per heavy atom. The molecule has 0 radical (unpaired) electrons. The zero-order valence-electron chi connectivity index (χ0n) is 11.9. The quantitative estimate of drug-likeness (QED) is 0.880. The number of hydrogen-bond acceptors (Lipinski definition) is 4. The van der Waals surface area contributed by atoms with Crippen LogP contribution in [-0.2, 0) is 0 Å². The molecule has 1 fully saturated rings. The molecule has 2 aromatic rings. The van der Waals surface area contributed by atoms with Gasteiger partial charge in [-0.3, -0.25) is 0 Å². The van der Waals surface area contributed by atoms with E-state index in [-0.39, 0.29) is 6.04 Å². The SMILES string of the molecule is CCOc1ccccc1C(NC1CC1)c1nc(C)cs1. The monoisotopic (exact) mass is 288 g/mol. The molecule has 0 aliphatic heterocycles. The topological polar surface area (TPSA) is 34.1 Å². The third kappa shape index (κ3) is 3.02. The maximum atomic E-state index is 5.79. The summed E-state index contributed by atoms with van der Waals surface area (Å²) in [6.07, 6.45) is 2.52. The van der Waals surface area contributed by atoms with Gasteiger partial charge in [-0.05, 0) is 32.8 Å². The van der Waals surface area contributed by atoms with Crippen LogP contribution in [0.1, 0.15) is 42.1 Å². The van der Waals surface area contributed by atoms with E-state index >= 15 is 0 Å². The van der Waals surface area contributed by atoms with Gasteiger partial charge in [-0.1, -0.05) is 18.2 Å². The molecule has 0 bridgehead atoms. The average Bonchev–Trinajstić information content (AvgIpc) is 3.18. The molecule has 1 atom stereocenters. The fourth-order valence-corrected chi connectivity index (χ4v) is 3.16. The largest absolute Gasteiger partial charge is 0.494 e. The Bertz CT molecular complexity index is 577. The molecule has 0 amide bonds. The standard InChI is InChI=1S/C16H20N2OS/c1-3-19-14-7-5-4-6-13(14)15(18-12-8-9-12)16-17-11(2)10-20-16/h4-7,10,12,15,18H,3,8-9H2,1-2H3. The summed E-state index contributed by atoms with van der Waals surface area (Å²) in [7, 11) is 0.